The lowest BCUT2D eigenvalue weighted by molar-refractivity contribution is -0.147. The number of carbonyl (C=O) groups is 1. The van der Waals surface area contributed by atoms with Crippen LogP contribution in [0, 0.1) is 5.41 Å². The molecule has 7 heteroatoms. The van der Waals surface area contributed by atoms with E-state index in [9.17, 15) is 4.79 Å². The Kier molecular flexibility index (Phi) is 4.39. The smallest absolute Gasteiger partial charge is 0.310 e. The second-order valence-electron chi connectivity index (χ2n) is 5.04. The molecule has 2 aromatic rings. The third-order valence-electron chi connectivity index (χ3n) is 2.84. The van der Waals surface area contributed by atoms with Gasteiger partial charge in [-0.05, 0) is 36.4 Å². The quantitative estimate of drug-likeness (QED) is 0.821. The number of thioether (sulfide) groups is 1. The summed E-state index contributed by atoms with van der Waals surface area (Å²) in [6, 6.07) is 9.93. The van der Waals surface area contributed by atoms with Crippen LogP contribution in [0.25, 0.3) is 0 Å². The van der Waals surface area contributed by atoms with Crippen molar-refractivity contribution in [1.29, 1.82) is 0 Å². The topological polar surface area (TPSA) is 80.9 Å². The Balaban J connectivity index is 2.04. The highest BCUT2D eigenvalue weighted by atomic mass is 32.2. The molecule has 20 heavy (non-hydrogen) atoms. The summed E-state index contributed by atoms with van der Waals surface area (Å²) >= 11 is 1.62. The molecule has 0 radical (unpaired) electrons. The summed E-state index contributed by atoms with van der Waals surface area (Å²) in [5.74, 6) is 0.412. The van der Waals surface area contributed by atoms with Crippen LogP contribution in [-0.4, -0.2) is 31.3 Å². The zero-order valence-corrected chi connectivity index (χ0v) is 12.2. The summed E-state index contributed by atoms with van der Waals surface area (Å²) in [6.07, 6.45) is 0. The largest absolute Gasteiger partial charge is 0.481 e. The van der Waals surface area contributed by atoms with Gasteiger partial charge in [-0.1, -0.05) is 18.2 Å². The van der Waals surface area contributed by atoms with Gasteiger partial charge in [-0.2, -0.15) is 0 Å². The molecule has 0 aliphatic carbocycles. The lowest BCUT2D eigenvalue weighted by atomic mass is 9.94. The number of hydrogen-bond donors (Lipinski definition) is 1. The molecule has 1 N–H and O–H groups in total. The van der Waals surface area contributed by atoms with Crippen LogP contribution in [0.2, 0.25) is 0 Å². The highest BCUT2D eigenvalue weighted by Crippen LogP contribution is 2.23. The molecular formula is C13H16N4O2S. The lowest BCUT2D eigenvalue weighted by Gasteiger charge is -2.18. The van der Waals surface area contributed by atoms with E-state index in [-0.39, 0.29) is 6.54 Å². The van der Waals surface area contributed by atoms with Crippen LogP contribution in [0.1, 0.15) is 19.7 Å². The summed E-state index contributed by atoms with van der Waals surface area (Å²) in [5.41, 5.74) is -0.901. The molecule has 0 fully saturated rings. The van der Waals surface area contributed by atoms with E-state index in [1.54, 1.807) is 30.3 Å². The zero-order valence-electron chi connectivity index (χ0n) is 11.4. The summed E-state index contributed by atoms with van der Waals surface area (Å²) in [6.45, 7) is 3.57. The Morgan fingerprint density at radius 3 is 2.70 bits per heavy atom. The summed E-state index contributed by atoms with van der Waals surface area (Å²) in [7, 11) is 0. The van der Waals surface area contributed by atoms with Gasteiger partial charge in [0.15, 0.2) is 5.82 Å². The number of carboxylic acid groups (broad SMARTS) is 1. The predicted octanol–water partition coefficient (Wildman–Crippen LogP) is 2.08. The Morgan fingerprint density at radius 1 is 1.35 bits per heavy atom. The second kappa shape index (κ2) is 6.04. The molecule has 0 bridgehead atoms. The Hall–Kier alpha value is -1.89. The number of aromatic nitrogens is 4. The Bertz CT molecular complexity index is 583. The van der Waals surface area contributed by atoms with E-state index in [4.69, 9.17) is 5.11 Å². The minimum atomic E-state index is -0.901. The van der Waals surface area contributed by atoms with Crippen molar-refractivity contribution < 1.29 is 9.90 Å². The van der Waals surface area contributed by atoms with Gasteiger partial charge < -0.3 is 5.11 Å². The van der Waals surface area contributed by atoms with Crippen molar-refractivity contribution in [3.8, 4) is 0 Å². The molecule has 0 aliphatic heterocycles. The van der Waals surface area contributed by atoms with Crippen LogP contribution in [0.15, 0.2) is 35.2 Å². The van der Waals surface area contributed by atoms with Crippen molar-refractivity contribution in [3.63, 3.8) is 0 Å². The molecule has 2 rings (SSSR count). The normalized spacial score (nSPS) is 11.5. The Labute approximate surface area is 121 Å². The van der Waals surface area contributed by atoms with Gasteiger partial charge in [0.1, 0.15) is 0 Å². The van der Waals surface area contributed by atoms with Gasteiger partial charge in [-0.15, -0.1) is 16.9 Å². The SMILES string of the molecule is CC(C)(Cn1nnnc1CSc1ccccc1)C(=O)O. The van der Waals surface area contributed by atoms with E-state index in [2.05, 4.69) is 15.5 Å². The van der Waals surface area contributed by atoms with Crippen molar-refractivity contribution >= 4 is 17.7 Å². The fraction of sp³-hybridized carbons (Fsp3) is 0.385. The number of benzene rings is 1. The van der Waals surface area contributed by atoms with Crippen LogP contribution in [0.5, 0.6) is 0 Å². The number of tetrazole rings is 1. The van der Waals surface area contributed by atoms with E-state index in [1.165, 1.54) is 0 Å². The highest BCUT2D eigenvalue weighted by molar-refractivity contribution is 7.98. The second-order valence-corrected chi connectivity index (χ2v) is 6.09. The van der Waals surface area contributed by atoms with Crippen molar-refractivity contribution in [3.05, 3.63) is 36.2 Å². The van der Waals surface area contributed by atoms with E-state index < -0.39 is 11.4 Å². The number of hydrogen-bond acceptors (Lipinski definition) is 5. The predicted molar refractivity (Wildman–Crippen MR) is 75.2 cm³/mol. The van der Waals surface area contributed by atoms with Gasteiger partial charge in [0.2, 0.25) is 0 Å². The van der Waals surface area contributed by atoms with Crippen LogP contribution in [0.3, 0.4) is 0 Å². The van der Waals surface area contributed by atoms with Crippen LogP contribution < -0.4 is 0 Å². The molecule has 0 aliphatic rings. The molecule has 106 valence electrons. The van der Waals surface area contributed by atoms with Gasteiger partial charge in [0, 0.05) is 4.90 Å². The highest BCUT2D eigenvalue weighted by Gasteiger charge is 2.29. The summed E-state index contributed by atoms with van der Waals surface area (Å²) in [4.78, 5) is 12.3. The van der Waals surface area contributed by atoms with Crippen molar-refractivity contribution in [2.75, 3.05) is 0 Å². The first-order valence-corrected chi connectivity index (χ1v) is 7.14. The standard InChI is InChI=1S/C13H16N4O2S/c1-13(2,12(18)19)9-17-11(14-15-16-17)8-20-10-6-4-3-5-7-10/h3-7H,8-9H2,1-2H3,(H,18,19). The van der Waals surface area contributed by atoms with Crippen molar-refractivity contribution in [2.45, 2.75) is 31.0 Å². The van der Waals surface area contributed by atoms with Crippen LogP contribution in [0.4, 0.5) is 0 Å². The minimum absolute atomic E-state index is 0.250. The fourth-order valence-corrected chi connectivity index (χ4v) is 2.41. The molecule has 0 atom stereocenters. The first kappa shape index (κ1) is 14.5. The molecule has 0 saturated carbocycles. The maximum absolute atomic E-state index is 11.2. The number of rotatable bonds is 6. The molecule has 0 unspecified atom stereocenters. The molecule has 1 aromatic heterocycles. The molecule has 0 amide bonds. The van der Waals surface area contributed by atoms with E-state index in [0.29, 0.717) is 11.6 Å². The van der Waals surface area contributed by atoms with Crippen molar-refractivity contribution in [2.24, 2.45) is 5.41 Å². The number of aliphatic carboxylic acids is 1. The van der Waals surface area contributed by atoms with E-state index in [0.717, 1.165) is 4.90 Å². The average Bonchev–Trinajstić information content (AvgIpc) is 2.84. The van der Waals surface area contributed by atoms with Gasteiger partial charge in [0.25, 0.3) is 0 Å². The van der Waals surface area contributed by atoms with E-state index >= 15 is 0 Å². The molecule has 6 nitrogen and oxygen atoms in total. The first-order chi connectivity index (χ1) is 9.49. The van der Waals surface area contributed by atoms with E-state index in [1.807, 2.05) is 30.3 Å². The summed E-state index contributed by atoms with van der Waals surface area (Å²) < 4.78 is 1.56. The maximum atomic E-state index is 11.2. The van der Waals surface area contributed by atoms with Gasteiger partial charge in [-0.3, -0.25) is 4.79 Å². The average molecular weight is 292 g/mol. The van der Waals surface area contributed by atoms with Crippen LogP contribution in [-0.2, 0) is 17.1 Å². The van der Waals surface area contributed by atoms with Crippen LogP contribution >= 0.6 is 11.8 Å². The number of nitrogens with zero attached hydrogens (tertiary/aromatic N) is 4. The third kappa shape index (κ3) is 3.57. The first-order valence-electron chi connectivity index (χ1n) is 6.15. The number of carboxylic acids is 1. The molecule has 0 saturated heterocycles. The lowest BCUT2D eigenvalue weighted by Crippen LogP contribution is -2.30. The zero-order chi connectivity index (χ0) is 14.6. The third-order valence-corrected chi connectivity index (χ3v) is 3.85. The Morgan fingerprint density at radius 2 is 2.05 bits per heavy atom. The monoisotopic (exact) mass is 292 g/mol. The molecule has 0 spiro atoms. The molecular weight excluding hydrogens is 276 g/mol. The summed E-state index contributed by atoms with van der Waals surface area (Å²) in [5, 5.41) is 20.6. The minimum Gasteiger partial charge on any atom is -0.481 e. The maximum Gasteiger partial charge on any atom is 0.310 e. The van der Waals surface area contributed by atoms with Gasteiger partial charge in [-0.25, -0.2) is 4.68 Å². The van der Waals surface area contributed by atoms with Crippen molar-refractivity contribution in [1.82, 2.24) is 20.2 Å². The fourth-order valence-electron chi connectivity index (χ4n) is 1.56. The molecule has 1 heterocycles. The molecule has 1 aromatic carbocycles. The van der Waals surface area contributed by atoms with Gasteiger partial charge in [0.05, 0.1) is 17.7 Å². The van der Waals surface area contributed by atoms with Gasteiger partial charge >= 0.3 is 5.97 Å².